The highest BCUT2D eigenvalue weighted by atomic mass is 35.5. The maximum absolute atomic E-state index is 12.6. The molecule has 28 heavy (non-hydrogen) atoms. The van der Waals surface area contributed by atoms with E-state index in [9.17, 15) is 4.79 Å². The van der Waals surface area contributed by atoms with E-state index in [1.807, 2.05) is 20.2 Å². The van der Waals surface area contributed by atoms with Crippen LogP contribution in [0.5, 0.6) is 5.88 Å². The number of halogens is 1. The van der Waals surface area contributed by atoms with Gasteiger partial charge in [0.1, 0.15) is 5.56 Å². The normalized spacial score (nSPS) is 14.8. The molecule has 8 heteroatoms. The number of aromatic nitrogens is 2. The van der Waals surface area contributed by atoms with Gasteiger partial charge in [-0.15, -0.1) is 12.4 Å². The zero-order valence-corrected chi connectivity index (χ0v) is 17.4. The Morgan fingerprint density at radius 3 is 2.54 bits per heavy atom. The third-order valence-corrected chi connectivity index (χ3v) is 4.75. The van der Waals surface area contributed by atoms with Crippen LogP contribution in [0.1, 0.15) is 28.8 Å². The number of carbonyl (C=O) groups excluding carboxylic acids is 1. The fraction of sp³-hybridized carbons (Fsp3) is 0.450. The summed E-state index contributed by atoms with van der Waals surface area (Å²) < 4.78 is 5.28. The number of nitrogens with one attached hydrogen (secondary N) is 1. The summed E-state index contributed by atoms with van der Waals surface area (Å²) in [7, 11) is 5.20. The molecule has 1 saturated heterocycles. The van der Waals surface area contributed by atoms with Gasteiger partial charge < -0.3 is 15.0 Å². The highest BCUT2D eigenvalue weighted by molar-refractivity contribution is 5.96. The van der Waals surface area contributed by atoms with Gasteiger partial charge in [0.25, 0.3) is 5.91 Å². The van der Waals surface area contributed by atoms with Crippen LogP contribution in [0.15, 0.2) is 36.5 Å². The van der Waals surface area contributed by atoms with Crippen molar-refractivity contribution in [3.63, 3.8) is 0 Å². The number of carbonyl (C=O) groups is 1. The molecule has 152 valence electrons. The van der Waals surface area contributed by atoms with Gasteiger partial charge in [0.2, 0.25) is 11.8 Å². The van der Waals surface area contributed by atoms with Gasteiger partial charge in [-0.1, -0.05) is 30.3 Å². The smallest absolute Gasteiger partial charge is 0.258 e. The van der Waals surface area contributed by atoms with Crippen LogP contribution >= 0.6 is 12.4 Å². The Bertz CT molecular complexity index is 764. The lowest BCUT2D eigenvalue weighted by Gasteiger charge is -2.32. The van der Waals surface area contributed by atoms with Crippen molar-refractivity contribution in [1.29, 1.82) is 0 Å². The van der Waals surface area contributed by atoms with Gasteiger partial charge in [0.05, 0.1) is 7.11 Å². The number of amides is 1. The fourth-order valence-electron chi connectivity index (χ4n) is 3.22. The molecular weight excluding hydrogens is 378 g/mol. The first-order chi connectivity index (χ1) is 13.1. The number of methoxy groups -OCH3 is 1. The van der Waals surface area contributed by atoms with E-state index < -0.39 is 0 Å². The summed E-state index contributed by atoms with van der Waals surface area (Å²) in [6, 6.07) is 10.6. The highest BCUT2D eigenvalue weighted by Gasteiger charge is 2.23. The monoisotopic (exact) mass is 405 g/mol. The van der Waals surface area contributed by atoms with Gasteiger partial charge in [-0.05, 0) is 18.4 Å². The van der Waals surface area contributed by atoms with Crippen molar-refractivity contribution >= 4 is 24.3 Å². The molecule has 1 aromatic heterocycles. The molecular formula is C20H28ClN5O2. The second-order valence-electron chi connectivity index (χ2n) is 7.00. The minimum Gasteiger partial charge on any atom is -0.480 e. The van der Waals surface area contributed by atoms with Crippen LogP contribution in [-0.4, -0.2) is 61.1 Å². The van der Waals surface area contributed by atoms with Crippen molar-refractivity contribution in [3.8, 4) is 5.88 Å². The number of benzene rings is 1. The van der Waals surface area contributed by atoms with E-state index >= 15 is 0 Å². The van der Waals surface area contributed by atoms with Crippen molar-refractivity contribution in [2.45, 2.75) is 25.4 Å². The predicted octanol–water partition coefficient (Wildman–Crippen LogP) is 2.37. The van der Waals surface area contributed by atoms with Crippen LogP contribution in [-0.2, 0) is 6.54 Å². The Kier molecular flexibility index (Phi) is 8.02. The average molecular weight is 406 g/mol. The van der Waals surface area contributed by atoms with Gasteiger partial charge in [-0.2, -0.15) is 4.98 Å². The SMILES string of the molecule is COc1nc(N(C)C)ncc1C(=O)NC1CCN(Cc2ccccc2)CC1.Cl. The number of hydrogen-bond donors (Lipinski definition) is 1. The number of nitrogens with zero attached hydrogens (tertiary/aromatic N) is 4. The Hall–Kier alpha value is -2.38. The molecule has 0 radical (unpaired) electrons. The number of likely N-dealkylation sites (tertiary alicyclic amines) is 1. The molecule has 0 saturated carbocycles. The number of anilines is 1. The van der Waals surface area contributed by atoms with Crippen LogP contribution < -0.4 is 15.0 Å². The Labute approximate surface area is 172 Å². The fourth-order valence-corrected chi connectivity index (χ4v) is 3.22. The van der Waals surface area contributed by atoms with Crippen molar-refractivity contribution in [2.75, 3.05) is 39.2 Å². The second kappa shape index (κ2) is 10.2. The van der Waals surface area contributed by atoms with Crippen molar-refractivity contribution in [3.05, 3.63) is 47.7 Å². The Balaban J connectivity index is 0.00000280. The molecule has 1 amide bonds. The summed E-state index contributed by atoms with van der Waals surface area (Å²) in [5, 5.41) is 3.10. The van der Waals surface area contributed by atoms with Gasteiger partial charge in [-0.25, -0.2) is 4.98 Å². The van der Waals surface area contributed by atoms with Crippen LogP contribution in [0.2, 0.25) is 0 Å². The Morgan fingerprint density at radius 1 is 1.25 bits per heavy atom. The number of ether oxygens (including phenoxy) is 1. The lowest BCUT2D eigenvalue weighted by Crippen LogP contribution is -2.44. The quantitative estimate of drug-likeness (QED) is 0.795. The van der Waals surface area contributed by atoms with E-state index in [0.717, 1.165) is 32.5 Å². The zero-order chi connectivity index (χ0) is 19.2. The molecule has 2 heterocycles. The minimum absolute atomic E-state index is 0. The summed E-state index contributed by atoms with van der Waals surface area (Å²) in [5.41, 5.74) is 1.69. The predicted molar refractivity (Wildman–Crippen MR) is 112 cm³/mol. The lowest BCUT2D eigenvalue weighted by molar-refractivity contribution is 0.0904. The lowest BCUT2D eigenvalue weighted by atomic mass is 10.0. The van der Waals surface area contributed by atoms with E-state index in [1.165, 1.54) is 18.9 Å². The molecule has 1 aliphatic heterocycles. The van der Waals surface area contributed by atoms with Crippen molar-refractivity contribution in [1.82, 2.24) is 20.2 Å². The molecule has 1 N–H and O–H groups in total. The molecule has 0 aliphatic carbocycles. The van der Waals surface area contributed by atoms with Crippen LogP contribution in [0.25, 0.3) is 0 Å². The van der Waals surface area contributed by atoms with E-state index in [2.05, 4.69) is 44.5 Å². The maximum Gasteiger partial charge on any atom is 0.258 e. The molecule has 7 nitrogen and oxygen atoms in total. The number of hydrogen-bond acceptors (Lipinski definition) is 6. The summed E-state index contributed by atoms with van der Waals surface area (Å²) in [4.78, 5) is 25.4. The molecule has 1 fully saturated rings. The van der Waals surface area contributed by atoms with E-state index in [1.54, 1.807) is 4.90 Å². The van der Waals surface area contributed by atoms with Gasteiger partial charge in [-0.3, -0.25) is 9.69 Å². The van der Waals surface area contributed by atoms with Crippen LogP contribution in [0.4, 0.5) is 5.95 Å². The third kappa shape index (κ3) is 5.56. The second-order valence-corrected chi connectivity index (χ2v) is 7.00. The standard InChI is InChI=1S/C20H27N5O2.ClH/c1-24(2)20-21-13-17(19(23-20)27-3)18(26)22-16-9-11-25(12-10-16)14-15-7-5-4-6-8-15;/h4-8,13,16H,9-12,14H2,1-3H3,(H,22,26);1H. The molecule has 0 bridgehead atoms. The van der Waals surface area contributed by atoms with Crippen molar-refractivity contribution in [2.24, 2.45) is 0 Å². The first kappa shape index (κ1) is 21.9. The molecule has 1 aromatic carbocycles. The topological polar surface area (TPSA) is 70.6 Å². The van der Waals surface area contributed by atoms with E-state index in [-0.39, 0.29) is 24.4 Å². The van der Waals surface area contributed by atoms with Gasteiger partial charge in [0.15, 0.2) is 0 Å². The molecule has 0 atom stereocenters. The van der Waals surface area contributed by atoms with Crippen LogP contribution in [0, 0.1) is 0 Å². The third-order valence-electron chi connectivity index (χ3n) is 4.75. The maximum atomic E-state index is 12.6. The van der Waals surface area contributed by atoms with Gasteiger partial charge in [0, 0.05) is 46.0 Å². The highest BCUT2D eigenvalue weighted by Crippen LogP contribution is 2.19. The first-order valence-electron chi connectivity index (χ1n) is 9.22. The Morgan fingerprint density at radius 2 is 1.93 bits per heavy atom. The molecule has 2 aromatic rings. The molecule has 1 aliphatic rings. The summed E-state index contributed by atoms with van der Waals surface area (Å²) in [6.07, 6.45) is 3.39. The van der Waals surface area contributed by atoms with E-state index in [0.29, 0.717) is 17.4 Å². The molecule has 0 unspecified atom stereocenters. The average Bonchev–Trinajstić information content (AvgIpc) is 2.69. The summed E-state index contributed by atoms with van der Waals surface area (Å²) >= 11 is 0. The van der Waals surface area contributed by atoms with Crippen molar-refractivity contribution < 1.29 is 9.53 Å². The summed E-state index contributed by atoms with van der Waals surface area (Å²) in [5.74, 6) is 0.629. The zero-order valence-electron chi connectivity index (χ0n) is 16.6. The van der Waals surface area contributed by atoms with E-state index in [4.69, 9.17) is 4.74 Å². The van der Waals surface area contributed by atoms with Crippen LogP contribution in [0.3, 0.4) is 0 Å². The number of rotatable bonds is 6. The minimum atomic E-state index is -0.182. The largest absolute Gasteiger partial charge is 0.480 e. The molecule has 0 spiro atoms. The summed E-state index contributed by atoms with van der Waals surface area (Å²) in [6.45, 7) is 2.88. The molecule has 3 rings (SSSR count). The van der Waals surface area contributed by atoms with Gasteiger partial charge >= 0.3 is 0 Å². The number of piperidine rings is 1. The first-order valence-corrected chi connectivity index (χ1v) is 9.22.